The van der Waals surface area contributed by atoms with Crippen LogP contribution in [0.5, 0.6) is 5.75 Å². The number of nitrogens with one attached hydrogen (secondary N) is 2. The molecule has 2 N–H and O–H groups in total. The van der Waals surface area contributed by atoms with Crippen LogP contribution in [0.25, 0.3) is 0 Å². The molecule has 0 saturated carbocycles. The molecule has 0 unspecified atom stereocenters. The summed E-state index contributed by atoms with van der Waals surface area (Å²) in [5, 5.41) is 5.31. The molecule has 2 aromatic rings. The van der Waals surface area contributed by atoms with Crippen molar-refractivity contribution < 1.29 is 18.7 Å². The van der Waals surface area contributed by atoms with Gasteiger partial charge in [0.15, 0.2) is 0 Å². The summed E-state index contributed by atoms with van der Waals surface area (Å²) in [7, 11) is 0. The zero-order valence-corrected chi connectivity index (χ0v) is 15.7. The summed E-state index contributed by atoms with van der Waals surface area (Å²) in [5.74, 6) is 0.304. The molecule has 0 aromatic heterocycles. The lowest BCUT2D eigenvalue weighted by atomic mass is 10.1. The van der Waals surface area contributed by atoms with Crippen molar-refractivity contribution in [1.29, 1.82) is 0 Å². The van der Waals surface area contributed by atoms with Crippen molar-refractivity contribution in [2.24, 2.45) is 0 Å². The minimum Gasteiger partial charge on any atom is -0.492 e. The summed E-state index contributed by atoms with van der Waals surface area (Å²) < 4.78 is 18.5. The van der Waals surface area contributed by atoms with Gasteiger partial charge in [-0.2, -0.15) is 0 Å². The first kappa shape index (κ1) is 19.2. The third-order valence-electron chi connectivity index (χ3n) is 4.17. The molecule has 27 heavy (non-hydrogen) atoms. The number of carbonyl (C=O) groups is 2. The summed E-state index contributed by atoms with van der Waals surface area (Å²) in [4.78, 5) is 24.9. The highest BCUT2D eigenvalue weighted by molar-refractivity contribution is 8.00. The van der Waals surface area contributed by atoms with Gasteiger partial charge in [-0.3, -0.25) is 9.59 Å². The van der Waals surface area contributed by atoms with Crippen LogP contribution in [-0.4, -0.2) is 35.5 Å². The van der Waals surface area contributed by atoms with Gasteiger partial charge in [-0.25, -0.2) is 4.39 Å². The quantitative estimate of drug-likeness (QED) is 0.798. The van der Waals surface area contributed by atoms with Crippen LogP contribution in [0.1, 0.15) is 12.5 Å². The molecule has 2 aromatic carbocycles. The number of hydrogen-bond donors (Lipinski definition) is 2. The number of anilines is 1. The van der Waals surface area contributed by atoms with Gasteiger partial charge < -0.3 is 15.4 Å². The normalized spacial score (nSPS) is 19.3. The Kier molecular flexibility index (Phi) is 6.34. The molecule has 1 aliphatic rings. The number of benzene rings is 2. The zero-order chi connectivity index (χ0) is 19.2. The van der Waals surface area contributed by atoms with Gasteiger partial charge in [0.2, 0.25) is 11.8 Å². The number of halogens is 1. The second-order valence-electron chi connectivity index (χ2n) is 6.13. The average Bonchev–Trinajstić information content (AvgIpc) is 2.67. The lowest BCUT2D eigenvalue weighted by Crippen LogP contribution is -2.52. The van der Waals surface area contributed by atoms with Gasteiger partial charge in [0.1, 0.15) is 17.6 Å². The third-order valence-corrected chi connectivity index (χ3v) is 5.48. The van der Waals surface area contributed by atoms with Crippen molar-refractivity contribution in [3.63, 3.8) is 0 Å². The van der Waals surface area contributed by atoms with E-state index in [4.69, 9.17) is 4.74 Å². The van der Waals surface area contributed by atoms with Crippen LogP contribution in [0.3, 0.4) is 0 Å². The van der Waals surface area contributed by atoms with Crippen LogP contribution in [0, 0.1) is 5.82 Å². The van der Waals surface area contributed by atoms with Gasteiger partial charge in [0.25, 0.3) is 0 Å². The SMILES string of the molecule is CCOc1ccccc1NC(=O)[C@H]1CS[C@H](Cc2ccc(F)cc2)C(=O)N1. The Labute approximate surface area is 161 Å². The van der Waals surface area contributed by atoms with Crippen LogP contribution >= 0.6 is 11.8 Å². The standard InChI is InChI=1S/C20H21FN2O3S/c1-2-26-17-6-4-3-5-15(17)22-19(24)16-12-27-18(20(25)23-16)11-13-7-9-14(21)10-8-13/h3-10,16,18H,2,11-12H2,1H3,(H,22,24)(H,23,25)/t16-,18-/m1/s1. The van der Waals surface area contributed by atoms with E-state index in [-0.39, 0.29) is 22.9 Å². The van der Waals surface area contributed by atoms with E-state index in [2.05, 4.69) is 10.6 Å². The number of amides is 2. The molecule has 0 radical (unpaired) electrons. The molecule has 1 fully saturated rings. The second-order valence-corrected chi connectivity index (χ2v) is 7.37. The van der Waals surface area contributed by atoms with E-state index < -0.39 is 6.04 Å². The van der Waals surface area contributed by atoms with Crippen LogP contribution in [0.15, 0.2) is 48.5 Å². The van der Waals surface area contributed by atoms with Crippen molar-refractivity contribution in [1.82, 2.24) is 5.32 Å². The Morgan fingerprint density at radius 1 is 1.26 bits per heavy atom. The fourth-order valence-electron chi connectivity index (χ4n) is 2.79. The zero-order valence-electron chi connectivity index (χ0n) is 14.9. The first-order valence-electron chi connectivity index (χ1n) is 8.76. The predicted molar refractivity (Wildman–Crippen MR) is 105 cm³/mol. The lowest BCUT2D eigenvalue weighted by molar-refractivity contribution is -0.126. The molecule has 0 bridgehead atoms. The average molecular weight is 388 g/mol. The Balaban J connectivity index is 1.58. The largest absolute Gasteiger partial charge is 0.492 e. The summed E-state index contributed by atoms with van der Waals surface area (Å²) >= 11 is 1.43. The van der Waals surface area contributed by atoms with Gasteiger partial charge in [-0.15, -0.1) is 11.8 Å². The predicted octanol–water partition coefficient (Wildman–Crippen LogP) is 3.01. The van der Waals surface area contributed by atoms with E-state index in [1.165, 1.54) is 23.9 Å². The highest BCUT2D eigenvalue weighted by Gasteiger charge is 2.32. The molecule has 1 heterocycles. The molecule has 2 amide bonds. The molecule has 0 aliphatic carbocycles. The van der Waals surface area contributed by atoms with Crippen molar-refractivity contribution in [2.45, 2.75) is 24.6 Å². The van der Waals surface area contributed by atoms with Gasteiger partial charge in [-0.05, 0) is 43.2 Å². The molecule has 0 spiro atoms. The van der Waals surface area contributed by atoms with Crippen LogP contribution in [0.4, 0.5) is 10.1 Å². The maximum absolute atomic E-state index is 13.0. The summed E-state index contributed by atoms with van der Waals surface area (Å²) in [6, 6.07) is 12.7. The van der Waals surface area contributed by atoms with Gasteiger partial charge >= 0.3 is 0 Å². The lowest BCUT2D eigenvalue weighted by Gasteiger charge is -2.28. The Morgan fingerprint density at radius 3 is 2.70 bits per heavy atom. The minimum absolute atomic E-state index is 0.186. The summed E-state index contributed by atoms with van der Waals surface area (Å²) in [6.07, 6.45) is 0.498. The van der Waals surface area contributed by atoms with Gasteiger partial charge in [-0.1, -0.05) is 24.3 Å². The van der Waals surface area contributed by atoms with Crippen LogP contribution in [0.2, 0.25) is 0 Å². The van der Waals surface area contributed by atoms with Crippen molar-refractivity contribution in [2.75, 3.05) is 17.7 Å². The van der Waals surface area contributed by atoms with E-state index in [0.29, 0.717) is 30.2 Å². The summed E-state index contributed by atoms with van der Waals surface area (Å²) in [6.45, 7) is 2.37. The highest BCUT2D eigenvalue weighted by Crippen LogP contribution is 2.26. The Morgan fingerprint density at radius 2 is 2.00 bits per heavy atom. The van der Waals surface area contributed by atoms with Crippen molar-refractivity contribution >= 4 is 29.3 Å². The summed E-state index contributed by atoms with van der Waals surface area (Å²) in [5.41, 5.74) is 1.47. The third kappa shape index (κ3) is 5.01. The second kappa shape index (κ2) is 8.90. The number of thioether (sulfide) groups is 1. The monoisotopic (exact) mass is 388 g/mol. The topological polar surface area (TPSA) is 67.4 Å². The fraction of sp³-hybridized carbons (Fsp3) is 0.300. The van der Waals surface area contributed by atoms with Crippen LogP contribution < -0.4 is 15.4 Å². The minimum atomic E-state index is -0.610. The number of para-hydroxylation sites is 2. The van der Waals surface area contributed by atoms with E-state index >= 15 is 0 Å². The molecule has 1 aliphatic heterocycles. The smallest absolute Gasteiger partial charge is 0.247 e. The highest BCUT2D eigenvalue weighted by atomic mass is 32.2. The number of carbonyl (C=O) groups excluding carboxylic acids is 2. The van der Waals surface area contributed by atoms with Gasteiger partial charge in [0.05, 0.1) is 17.5 Å². The molecule has 7 heteroatoms. The number of ether oxygens (including phenoxy) is 1. The molecule has 142 valence electrons. The fourth-order valence-corrected chi connectivity index (χ4v) is 3.98. The number of rotatable bonds is 6. The van der Waals surface area contributed by atoms with E-state index in [1.54, 1.807) is 24.3 Å². The van der Waals surface area contributed by atoms with E-state index in [1.807, 2.05) is 19.1 Å². The first-order chi connectivity index (χ1) is 13.1. The number of hydrogen-bond acceptors (Lipinski definition) is 4. The van der Waals surface area contributed by atoms with E-state index in [9.17, 15) is 14.0 Å². The van der Waals surface area contributed by atoms with Crippen molar-refractivity contribution in [3.05, 3.63) is 59.9 Å². The maximum Gasteiger partial charge on any atom is 0.247 e. The Hall–Kier alpha value is -2.54. The molecule has 5 nitrogen and oxygen atoms in total. The van der Waals surface area contributed by atoms with Gasteiger partial charge in [0, 0.05) is 5.75 Å². The molecule has 3 rings (SSSR count). The van der Waals surface area contributed by atoms with Crippen LogP contribution in [-0.2, 0) is 16.0 Å². The molecule has 1 saturated heterocycles. The molecular formula is C20H21FN2O3S. The molecular weight excluding hydrogens is 367 g/mol. The Bertz CT molecular complexity index is 813. The molecule has 2 atom stereocenters. The first-order valence-corrected chi connectivity index (χ1v) is 9.81. The van der Waals surface area contributed by atoms with Crippen molar-refractivity contribution in [3.8, 4) is 5.75 Å². The maximum atomic E-state index is 13.0. The van der Waals surface area contributed by atoms with E-state index in [0.717, 1.165) is 5.56 Å².